The Balaban J connectivity index is 2.41. The van der Waals surface area contributed by atoms with Gasteiger partial charge in [-0.05, 0) is 40.5 Å². The van der Waals surface area contributed by atoms with Crippen LogP contribution in [0.4, 0.5) is 0 Å². The molecule has 0 aliphatic heterocycles. The third kappa shape index (κ3) is 3.78. The average Bonchev–Trinajstić information content (AvgIpc) is 2.49. The predicted molar refractivity (Wildman–Crippen MR) is 63.0 cm³/mol. The summed E-state index contributed by atoms with van der Waals surface area (Å²) in [6.45, 7) is 7.38. The number of carbonyl (C=O) groups excluding carboxylic acids is 1. The molecule has 1 unspecified atom stereocenters. The number of aliphatic hydroxyl groups is 1. The van der Waals surface area contributed by atoms with Crippen LogP contribution in [0.5, 0.6) is 0 Å². The van der Waals surface area contributed by atoms with Gasteiger partial charge in [-0.15, -0.1) is 0 Å². The number of carbonyl (C=O) groups is 1. The van der Waals surface area contributed by atoms with Crippen molar-refractivity contribution in [3.05, 3.63) is 0 Å². The summed E-state index contributed by atoms with van der Waals surface area (Å²) in [6, 6.07) is 0. The topological polar surface area (TPSA) is 46.5 Å². The van der Waals surface area contributed by atoms with Crippen LogP contribution >= 0.6 is 0 Å². The normalized spacial score (nSPS) is 21.8. The van der Waals surface area contributed by atoms with Crippen molar-refractivity contribution in [2.45, 2.75) is 71.5 Å². The van der Waals surface area contributed by atoms with Crippen LogP contribution in [0.15, 0.2) is 0 Å². The molecule has 0 amide bonds. The van der Waals surface area contributed by atoms with E-state index in [-0.39, 0.29) is 12.1 Å². The highest BCUT2D eigenvalue weighted by molar-refractivity contribution is 5.75. The zero-order valence-corrected chi connectivity index (χ0v) is 10.9. The molecule has 0 aromatic rings. The second kappa shape index (κ2) is 4.74. The lowest BCUT2D eigenvalue weighted by Gasteiger charge is -2.27. The molecule has 0 aromatic carbocycles. The predicted octanol–water partition coefficient (Wildman–Crippen LogP) is 2.66. The van der Waals surface area contributed by atoms with Crippen LogP contribution in [0.1, 0.15) is 59.8 Å². The van der Waals surface area contributed by atoms with E-state index < -0.39 is 11.0 Å². The van der Waals surface area contributed by atoms with Crippen molar-refractivity contribution >= 4 is 5.97 Å². The molecule has 1 saturated carbocycles. The Labute approximate surface area is 98.2 Å². The van der Waals surface area contributed by atoms with E-state index in [0.29, 0.717) is 6.42 Å². The molecule has 0 bridgehead atoms. The molecule has 1 atom stereocenters. The van der Waals surface area contributed by atoms with Crippen molar-refractivity contribution in [1.29, 1.82) is 0 Å². The average molecular weight is 228 g/mol. The molecule has 3 heteroatoms. The van der Waals surface area contributed by atoms with Gasteiger partial charge in [-0.3, -0.25) is 4.79 Å². The third-order valence-corrected chi connectivity index (χ3v) is 3.12. The molecule has 0 aromatic heterocycles. The summed E-state index contributed by atoms with van der Waals surface area (Å²) in [4.78, 5) is 11.6. The van der Waals surface area contributed by atoms with E-state index in [2.05, 4.69) is 0 Å². The lowest BCUT2D eigenvalue weighted by molar-refractivity contribution is -0.160. The first-order valence-electron chi connectivity index (χ1n) is 6.16. The van der Waals surface area contributed by atoms with E-state index in [1.807, 2.05) is 27.7 Å². The minimum Gasteiger partial charge on any atom is -0.462 e. The summed E-state index contributed by atoms with van der Waals surface area (Å²) in [5, 5.41) is 10.2. The van der Waals surface area contributed by atoms with Gasteiger partial charge in [0.1, 0.15) is 6.10 Å². The molecular formula is C13H24O3. The molecule has 1 rings (SSSR count). The Kier molecular flexibility index (Phi) is 4.00. The number of hydrogen-bond donors (Lipinski definition) is 1. The number of rotatable bonds is 3. The van der Waals surface area contributed by atoms with Crippen molar-refractivity contribution in [2.24, 2.45) is 5.41 Å². The second-order valence-corrected chi connectivity index (χ2v) is 6.10. The van der Waals surface area contributed by atoms with Crippen molar-refractivity contribution in [3.8, 4) is 0 Å². The van der Waals surface area contributed by atoms with Crippen LogP contribution in [0.2, 0.25) is 0 Å². The Bertz CT molecular complexity index is 246. The van der Waals surface area contributed by atoms with Gasteiger partial charge in [0, 0.05) is 6.42 Å². The first-order chi connectivity index (χ1) is 7.23. The fourth-order valence-corrected chi connectivity index (χ4v) is 2.17. The number of hydrogen-bond acceptors (Lipinski definition) is 3. The molecule has 3 nitrogen and oxygen atoms in total. The molecule has 1 aliphatic carbocycles. The van der Waals surface area contributed by atoms with Gasteiger partial charge in [-0.2, -0.15) is 0 Å². The van der Waals surface area contributed by atoms with E-state index in [0.717, 1.165) is 25.7 Å². The molecule has 0 saturated heterocycles. The minimum absolute atomic E-state index is 0.193. The van der Waals surface area contributed by atoms with Crippen LogP contribution < -0.4 is 0 Å². The summed E-state index contributed by atoms with van der Waals surface area (Å²) in [5.41, 5.74) is -1.07. The van der Waals surface area contributed by atoms with Crippen LogP contribution in [0.25, 0.3) is 0 Å². The maximum atomic E-state index is 11.6. The van der Waals surface area contributed by atoms with E-state index in [1.54, 1.807) is 0 Å². The quantitative estimate of drug-likeness (QED) is 0.755. The summed E-state index contributed by atoms with van der Waals surface area (Å²) in [6.07, 6.45) is 4.20. The van der Waals surface area contributed by atoms with Crippen molar-refractivity contribution in [1.82, 2.24) is 0 Å². The van der Waals surface area contributed by atoms with Gasteiger partial charge < -0.3 is 9.84 Å². The van der Waals surface area contributed by atoms with Gasteiger partial charge in [-0.25, -0.2) is 0 Å². The first kappa shape index (κ1) is 13.5. The maximum Gasteiger partial charge on any atom is 0.311 e. The Morgan fingerprint density at radius 3 is 2.31 bits per heavy atom. The zero-order chi connectivity index (χ0) is 12.4. The summed E-state index contributed by atoms with van der Waals surface area (Å²) >= 11 is 0. The van der Waals surface area contributed by atoms with E-state index in [1.165, 1.54) is 0 Å². The molecule has 0 radical (unpaired) electrons. The molecule has 1 aliphatic rings. The van der Waals surface area contributed by atoms with Gasteiger partial charge in [0.15, 0.2) is 0 Å². The Hall–Kier alpha value is -0.570. The van der Waals surface area contributed by atoms with Crippen LogP contribution in [0, 0.1) is 5.41 Å². The molecule has 0 spiro atoms. The fraction of sp³-hybridized carbons (Fsp3) is 0.923. The fourth-order valence-electron chi connectivity index (χ4n) is 2.17. The standard InChI is InChI=1S/C13H24O3/c1-10(16-11(14)12(2,3)4)9-13(15)7-5-6-8-13/h10,15H,5-9H2,1-4H3. The number of ether oxygens (including phenoxy) is 1. The SMILES string of the molecule is CC(CC1(O)CCCC1)OC(=O)C(C)(C)C. The highest BCUT2D eigenvalue weighted by Gasteiger charge is 2.34. The third-order valence-electron chi connectivity index (χ3n) is 3.12. The van der Waals surface area contributed by atoms with E-state index in [9.17, 15) is 9.90 Å². The van der Waals surface area contributed by atoms with Crippen molar-refractivity contribution in [3.63, 3.8) is 0 Å². The molecule has 16 heavy (non-hydrogen) atoms. The van der Waals surface area contributed by atoms with Crippen LogP contribution in [-0.2, 0) is 9.53 Å². The van der Waals surface area contributed by atoms with Gasteiger partial charge in [-0.1, -0.05) is 12.8 Å². The summed E-state index contributed by atoms with van der Waals surface area (Å²) < 4.78 is 5.34. The minimum atomic E-state index is -0.600. The maximum absolute atomic E-state index is 11.6. The van der Waals surface area contributed by atoms with Crippen LogP contribution in [0.3, 0.4) is 0 Å². The molecular weight excluding hydrogens is 204 g/mol. The zero-order valence-electron chi connectivity index (χ0n) is 10.9. The van der Waals surface area contributed by atoms with Crippen LogP contribution in [-0.4, -0.2) is 22.8 Å². The highest BCUT2D eigenvalue weighted by atomic mass is 16.5. The lowest BCUT2D eigenvalue weighted by atomic mass is 9.94. The molecule has 94 valence electrons. The van der Waals surface area contributed by atoms with E-state index >= 15 is 0 Å². The largest absolute Gasteiger partial charge is 0.462 e. The second-order valence-electron chi connectivity index (χ2n) is 6.10. The smallest absolute Gasteiger partial charge is 0.311 e. The van der Waals surface area contributed by atoms with Crippen molar-refractivity contribution < 1.29 is 14.6 Å². The molecule has 0 heterocycles. The summed E-state index contributed by atoms with van der Waals surface area (Å²) in [5.74, 6) is -0.193. The molecule has 1 N–H and O–H groups in total. The van der Waals surface area contributed by atoms with Gasteiger partial charge in [0.2, 0.25) is 0 Å². The lowest BCUT2D eigenvalue weighted by Crippen LogP contribution is -2.34. The van der Waals surface area contributed by atoms with Gasteiger partial charge in [0.25, 0.3) is 0 Å². The Morgan fingerprint density at radius 1 is 1.38 bits per heavy atom. The highest BCUT2D eigenvalue weighted by Crippen LogP contribution is 2.34. The summed E-state index contributed by atoms with van der Waals surface area (Å²) in [7, 11) is 0. The van der Waals surface area contributed by atoms with Crippen molar-refractivity contribution in [2.75, 3.05) is 0 Å². The number of esters is 1. The monoisotopic (exact) mass is 228 g/mol. The van der Waals surface area contributed by atoms with E-state index in [4.69, 9.17) is 4.74 Å². The first-order valence-corrected chi connectivity index (χ1v) is 6.16. The Morgan fingerprint density at radius 2 is 1.88 bits per heavy atom. The van der Waals surface area contributed by atoms with Gasteiger partial charge in [0.05, 0.1) is 11.0 Å². The van der Waals surface area contributed by atoms with Gasteiger partial charge >= 0.3 is 5.97 Å². The molecule has 1 fully saturated rings.